The Labute approximate surface area is 192 Å². The summed E-state index contributed by atoms with van der Waals surface area (Å²) in [6.07, 6.45) is -0.0560. The Morgan fingerprint density at radius 1 is 0.879 bits per heavy atom. The molecule has 0 aliphatic heterocycles. The number of carboxylic acids is 1. The maximum absolute atomic E-state index is 12.5. The highest BCUT2D eigenvalue weighted by Crippen LogP contribution is 2.05. The molecule has 0 unspecified atom stereocenters. The van der Waals surface area contributed by atoms with E-state index in [9.17, 15) is 19.2 Å². The highest BCUT2D eigenvalue weighted by Gasteiger charge is 2.22. The monoisotopic (exact) mass is 453 g/mol. The van der Waals surface area contributed by atoms with Crippen LogP contribution in [0.3, 0.4) is 0 Å². The van der Waals surface area contributed by atoms with Crippen LogP contribution in [0.4, 0.5) is 0 Å². The molecule has 2 rings (SSSR count). The molecular weight excluding hydrogens is 426 g/mol. The second-order valence-electron chi connectivity index (χ2n) is 6.75. The lowest BCUT2D eigenvalue weighted by Gasteiger charge is -2.17. The van der Waals surface area contributed by atoms with E-state index in [1.807, 2.05) is 30.3 Å². The van der Waals surface area contributed by atoms with Crippen LogP contribution in [0.1, 0.15) is 48.2 Å². The summed E-state index contributed by atoms with van der Waals surface area (Å²) in [4.78, 5) is 46.6. The minimum Gasteiger partial charge on any atom is -0.481 e. The van der Waals surface area contributed by atoms with Crippen LogP contribution < -0.4 is 16.1 Å². The van der Waals surface area contributed by atoms with Crippen LogP contribution in [0.15, 0.2) is 54.6 Å². The van der Waals surface area contributed by atoms with Gasteiger partial charge in [-0.2, -0.15) is 0 Å². The molecule has 0 aliphatic rings. The Bertz CT molecular complexity index is 1010. The number of rotatable bonds is 9. The number of nitrogens with one attached hydrogen (secondary N) is 3. The molecule has 2 aromatic carbocycles. The summed E-state index contributed by atoms with van der Waals surface area (Å²) in [6, 6.07) is 14.6. The Kier molecular flexibility index (Phi) is 11.4. The number of amides is 3. The molecule has 5 N–H and O–H groups in total. The van der Waals surface area contributed by atoms with E-state index in [1.165, 1.54) is 5.48 Å². The van der Waals surface area contributed by atoms with E-state index in [0.29, 0.717) is 5.56 Å². The SMILES string of the molecule is C.O=C(O)CCCC(=O)NC[C@H](NC(=O)c1ccc(C#Cc2ccccc2)cc1)C(=O)NO. The van der Waals surface area contributed by atoms with E-state index < -0.39 is 29.7 Å². The molecule has 174 valence electrons. The van der Waals surface area contributed by atoms with Gasteiger partial charge in [-0.05, 0) is 42.8 Å². The molecule has 9 heteroatoms. The number of carbonyl (C=O) groups is 4. The van der Waals surface area contributed by atoms with Crippen molar-refractivity contribution in [2.24, 2.45) is 0 Å². The molecule has 33 heavy (non-hydrogen) atoms. The zero-order valence-electron chi connectivity index (χ0n) is 17.1. The lowest BCUT2D eigenvalue weighted by molar-refractivity contribution is -0.137. The first-order chi connectivity index (χ1) is 15.4. The molecule has 0 fully saturated rings. The number of carbonyl (C=O) groups excluding carboxylic acids is 3. The molecule has 0 aliphatic carbocycles. The summed E-state index contributed by atoms with van der Waals surface area (Å²) >= 11 is 0. The van der Waals surface area contributed by atoms with E-state index in [0.717, 1.165) is 5.56 Å². The predicted octanol–water partition coefficient (Wildman–Crippen LogP) is 1.70. The smallest absolute Gasteiger partial charge is 0.303 e. The fraction of sp³-hybridized carbons (Fsp3) is 0.250. The highest BCUT2D eigenvalue weighted by molar-refractivity contribution is 5.97. The third kappa shape index (κ3) is 9.67. The Morgan fingerprint density at radius 2 is 1.48 bits per heavy atom. The van der Waals surface area contributed by atoms with Gasteiger partial charge in [0.2, 0.25) is 5.91 Å². The summed E-state index contributed by atoms with van der Waals surface area (Å²) in [5, 5.41) is 22.4. The lowest BCUT2D eigenvalue weighted by Crippen LogP contribution is -2.52. The van der Waals surface area contributed by atoms with Crippen molar-refractivity contribution in [3.05, 3.63) is 71.3 Å². The van der Waals surface area contributed by atoms with Crippen molar-refractivity contribution in [1.29, 1.82) is 0 Å². The number of hydrogen-bond acceptors (Lipinski definition) is 5. The van der Waals surface area contributed by atoms with Crippen LogP contribution in [-0.4, -0.2) is 46.6 Å². The maximum Gasteiger partial charge on any atom is 0.303 e. The Balaban J connectivity index is 0.00000544. The molecule has 1 atom stereocenters. The number of aliphatic carboxylic acids is 1. The quantitative estimate of drug-likeness (QED) is 0.222. The minimum atomic E-state index is -1.23. The summed E-state index contributed by atoms with van der Waals surface area (Å²) < 4.78 is 0. The van der Waals surface area contributed by atoms with Crippen molar-refractivity contribution >= 4 is 23.7 Å². The summed E-state index contributed by atoms with van der Waals surface area (Å²) in [6.45, 7) is -0.273. The second-order valence-corrected chi connectivity index (χ2v) is 6.75. The average Bonchev–Trinajstić information content (AvgIpc) is 2.80. The largest absolute Gasteiger partial charge is 0.481 e. The van der Waals surface area contributed by atoms with Gasteiger partial charge in [0.15, 0.2) is 0 Å². The van der Waals surface area contributed by atoms with E-state index in [1.54, 1.807) is 24.3 Å². The van der Waals surface area contributed by atoms with Gasteiger partial charge in [-0.25, -0.2) is 5.48 Å². The van der Waals surface area contributed by atoms with Crippen molar-refractivity contribution in [3.8, 4) is 11.8 Å². The van der Waals surface area contributed by atoms with Gasteiger partial charge in [0.25, 0.3) is 11.8 Å². The van der Waals surface area contributed by atoms with Crippen molar-refractivity contribution in [2.75, 3.05) is 6.54 Å². The van der Waals surface area contributed by atoms with Crippen LogP contribution in [0.5, 0.6) is 0 Å². The minimum absolute atomic E-state index is 0. The zero-order chi connectivity index (χ0) is 23.3. The normalized spacial score (nSPS) is 10.5. The Morgan fingerprint density at radius 3 is 2.06 bits per heavy atom. The Hall–Kier alpha value is -4.16. The second kappa shape index (κ2) is 14.0. The first-order valence-electron chi connectivity index (χ1n) is 9.79. The van der Waals surface area contributed by atoms with Gasteiger partial charge in [0.05, 0.1) is 0 Å². The lowest BCUT2D eigenvalue weighted by atomic mass is 10.1. The third-order valence-electron chi connectivity index (χ3n) is 4.30. The van der Waals surface area contributed by atoms with E-state index in [4.69, 9.17) is 10.3 Å². The van der Waals surface area contributed by atoms with Gasteiger partial charge in [-0.15, -0.1) is 0 Å². The van der Waals surface area contributed by atoms with Crippen LogP contribution in [0.25, 0.3) is 0 Å². The molecule has 0 aromatic heterocycles. The van der Waals surface area contributed by atoms with E-state index in [-0.39, 0.29) is 38.8 Å². The van der Waals surface area contributed by atoms with Gasteiger partial charge >= 0.3 is 5.97 Å². The van der Waals surface area contributed by atoms with Crippen molar-refractivity contribution in [1.82, 2.24) is 16.1 Å². The van der Waals surface area contributed by atoms with E-state index >= 15 is 0 Å². The molecular formula is C24H27N3O6. The number of hydroxylamine groups is 1. The van der Waals surface area contributed by atoms with Gasteiger partial charge in [-0.1, -0.05) is 37.5 Å². The topological polar surface area (TPSA) is 145 Å². The van der Waals surface area contributed by atoms with Gasteiger partial charge < -0.3 is 15.7 Å². The molecule has 0 saturated heterocycles. The summed E-state index contributed by atoms with van der Waals surface area (Å²) in [5.41, 5.74) is 3.26. The maximum atomic E-state index is 12.5. The van der Waals surface area contributed by atoms with Gasteiger partial charge in [0, 0.05) is 36.1 Å². The van der Waals surface area contributed by atoms with Crippen LogP contribution >= 0.6 is 0 Å². The molecule has 3 amide bonds. The van der Waals surface area contributed by atoms with Crippen LogP contribution in [-0.2, 0) is 14.4 Å². The van der Waals surface area contributed by atoms with Gasteiger partial charge in [0.1, 0.15) is 6.04 Å². The molecule has 0 radical (unpaired) electrons. The number of hydrogen-bond donors (Lipinski definition) is 5. The van der Waals surface area contributed by atoms with Gasteiger partial charge in [-0.3, -0.25) is 24.4 Å². The average molecular weight is 453 g/mol. The first-order valence-corrected chi connectivity index (χ1v) is 9.79. The molecule has 0 saturated carbocycles. The van der Waals surface area contributed by atoms with Crippen LogP contribution in [0.2, 0.25) is 0 Å². The fourth-order valence-corrected chi connectivity index (χ4v) is 2.60. The first kappa shape index (κ1) is 26.9. The molecule has 9 nitrogen and oxygen atoms in total. The summed E-state index contributed by atoms with van der Waals surface area (Å²) in [7, 11) is 0. The van der Waals surface area contributed by atoms with E-state index in [2.05, 4.69) is 22.5 Å². The van der Waals surface area contributed by atoms with Crippen LogP contribution in [0, 0.1) is 11.8 Å². The highest BCUT2D eigenvalue weighted by atomic mass is 16.5. The predicted molar refractivity (Wildman–Crippen MR) is 121 cm³/mol. The van der Waals surface area contributed by atoms with Crippen molar-refractivity contribution in [2.45, 2.75) is 32.7 Å². The number of benzene rings is 2. The number of carboxylic acid groups (broad SMARTS) is 1. The summed E-state index contributed by atoms with van der Waals surface area (Å²) in [5.74, 6) is 3.02. The molecule has 2 aromatic rings. The molecule has 0 spiro atoms. The standard InChI is InChI=1S/C23H23N3O6.CH4/c27-20(7-4-8-21(28)29)24-15-19(23(31)26-32)25-22(30)18-13-11-17(12-14-18)10-9-16-5-2-1-3-6-16;/h1-3,5-6,11-14,19,32H,4,7-8,15H2,(H,24,27)(H,25,30)(H,26,31)(H,28,29);1H4/t19-;/m0./s1. The van der Waals surface area contributed by atoms with Crippen molar-refractivity contribution < 1.29 is 29.5 Å². The molecule has 0 bridgehead atoms. The fourth-order valence-electron chi connectivity index (χ4n) is 2.60. The molecule has 0 heterocycles. The third-order valence-corrected chi connectivity index (χ3v) is 4.30. The van der Waals surface area contributed by atoms with Crippen molar-refractivity contribution in [3.63, 3.8) is 0 Å². The zero-order valence-corrected chi connectivity index (χ0v) is 17.1.